The molecule has 33 heavy (non-hydrogen) atoms. The Morgan fingerprint density at radius 3 is 2.21 bits per heavy atom. The third-order valence-corrected chi connectivity index (χ3v) is 6.59. The van der Waals surface area contributed by atoms with Crippen molar-refractivity contribution in [1.29, 1.82) is 0 Å². The lowest BCUT2D eigenvalue weighted by Gasteiger charge is -2.26. The zero-order valence-electron chi connectivity index (χ0n) is 19.3. The Hall–Kier alpha value is -2.59. The zero-order chi connectivity index (χ0) is 23.4. The SMILES string of the molecule is Cc1c(CCN(Cc2ccccc2)C(C)C)nn(-c2ccccc2Cl)c1-c1ccc(Cl)cc1. The number of aromatic nitrogens is 2. The van der Waals surface area contributed by atoms with Crippen LogP contribution in [0.3, 0.4) is 0 Å². The third kappa shape index (κ3) is 5.50. The molecule has 3 nitrogen and oxygen atoms in total. The quantitative estimate of drug-likeness (QED) is 0.260. The summed E-state index contributed by atoms with van der Waals surface area (Å²) in [5.74, 6) is 0. The summed E-state index contributed by atoms with van der Waals surface area (Å²) in [5.41, 5.74) is 6.57. The predicted molar refractivity (Wildman–Crippen MR) is 139 cm³/mol. The van der Waals surface area contributed by atoms with Gasteiger partial charge in [0.2, 0.25) is 0 Å². The van der Waals surface area contributed by atoms with Crippen molar-refractivity contribution in [1.82, 2.24) is 14.7 Å². The van der Waals surface area contributed by atoms with Crippen LogP contribution in [0, 0.1) is 6.92 Å². The first kappa shape index (κ1) is 23.6. The largest absolute Gasteiger partial charge is 0.296 e. The normalized spacial score (nSPS) is 11.5. The zero-order valence-corrected chi connectivity index (χ0v) is 20.8. The van der Waals surface area contributed by atoms with E-state index in [-0.39, 0.29) is 0 Å². The second kappa shape index (κ2) is 10.6. The summed E-state index contributed by atoms with van der Waals surface area (Å²) in [6.45, 7) is 8.49. The molecule has 0 aliphatic carbocycles. The molecule has 0 spiro atoms. The van der Waals surface area contributed by atoms with Crippen LogP contribution in [-0.2, 0) is 13.0 Å². The number of hydrogen-bond acceptors (Lipinski definition) is 2. The second-order valence-electron chi connectivity index (χ2n) is 8.59. The molecule has 0 amide bonds. The number of benzene rings is 3. The molecule has 3 aromatic carbocycles. The van der Waals surface area contributed by atoms with E-state index in [0.29, 0.717) is 16.1 Å². The van der Waals surface area contributed by atoms with Crippen LogP contribution in [0.15, 0.2) is 78.9 Å². The Balaban J connectivity index is 1.68. The monoisotopic (exact) mass is 477 g/mol. The van der Waals surface area contributed by atoms with Crippen molar-refractivity contribution in [2.45, 2.75) is 39.8 Å². The second-order valence-corrected chi connectivity index (χ2v) is 9.43. The fraction of sp³-hybridized carbons (Fsp3) is 0.250. The molecular formula is C28H29Cl2N3. The lowest BCUT2D eigenvalue weighted by molar-refractivity contribution is 0.215. The summed E-state index contributed by atoms with van der Waals surface area (Å²) in [7, 11) is 0. The molecule has 0 radical (unpaired) electrons. The van der Waals surface area contributed by atoms with Crippen molar-refractivity contribution >= 4 is 23.2 Å². The summed E-state index contributed by atoms with van der Waals surface area (Å²) >= 11 is 12.7. The minimum atomic E-state index is 0.437. The molecule has 1 aromatic heterocycles. The van der Waals surface area contributed by atoms with Gasteiger partial charge in [-0.25, -0.2) is 4.68 Å². The molecule has 0 unspecified atom stereocenters. The minimum Gasteiger partial charge on any atom is -0.296 e. The van der Waals surface area contributed by atoms with E-state index >= 15 is 0 Å². The lowest BCUT2D eigenvalue weighted by Crippen LogP contribution is -2.32. The van der Waals surface area contributed by atoms with Gasteiger partial charge in [0.05, 0.1) is 22.1 Å². The van der Waals surface area contributed by atoms with Crippen molar-refractivity contribution in [3.05, 3.63) is 106 Å². The Morgan fingerprint density at radius 1 is 0.879 bits per heavy atom. The van der Waals surface area contributed by atoms with E-state index in [9.17, 15) is 0 Å². The van der Waals surface area contributed by atoms with E-state index in [0.717, 1.165) is 42.1 Å². The highest BCUT2D eigenvalue weighted by Crippen LogP contribution is 2.32. The lowest BCUT2D eigenvalue weighted by atomic mass is 10.0. The van der Waals surface area contributed by atoms with Crippen molar-refractivity contribution < 1.29 is 0 Å². The number of rotatable bonds is 8. The number of hydrogen-bond donors (Lipinski definition) is 0. The highest BCUT2D eigenvalue weighted by atomic mass is 35.5. The molecule has 0 atom stereocenters. The Labute approximate surface area is 206 Å². The van der Waals surface area contributed by atoms with E-state index in [4.69, 9.17) is 28.3 Å². The van der Waals surface area contributed by atoms with Crippen LogP contribution >= 0.6 is 23.2 Å². The first-order valence-corrected chi connectivity index (χ1v) is 12.1. The number of nitrogens with zero attached hydrogens (tertiary/aromatic N) is 3. The first-order chi connectivity index (χ1) is 15.9. The number of halogens is 2. The van der Waals surface area contributed by atoms with Crippen LogP contribution in [0.1, 0.15) is 30.7 Å². The van der Waals surface area contributed by atoms with Crippen molar-refractivity contribution in [3.63, 3.8) is 0 Å². The van der Waals surface area contributed by atoms with E-state index in [1.807, 2.05) is 53.2 Å². The average Bonchev–Trinajstić information content (AvgIpc) is 3.14. The van der Waals surface area contributed by atoms with Crippen LogP contribution < -0.4 is 0 Å². The van der Waals surface area contributed by atoms with Crippen LogP contribution in [0.4, 0.5) is 0 Å². The van der Waals surface area contributed by atoms with Crippen LogP contribution in [0.2, 0.25) is 10.0 Å². The molecule has 0 fully saturated rings. The average molecular weight is 478 g/mol. The summed E-state index contributed by atoms with van der Waals surface area (Å²) in [6, 6.07) is 26.8. The van der Waals surface area contributed by atoms with Crippen molar-refractivity contribution in [2.24, 2.45) is 0 Å². The Morgan fingerprint density at radius 2 is 1.55 bits per heavy atom. The van der Waals surface area contributed by atoms with E-state index < -0.39 is 0 Å². The molecule has 5 heteroatoms. The fourth-order valence-electron chi connectivity index (χ4n) is 4.11. The molecule has 4 rings (SSSR count). The van der Waals surface area contributed by atoms with Gasteiger partial charge in [-0.05, 0) is 56.2 Å². The minimum absolute atomic E-state index is 0.437. The standard InChI is InChI=1S/C28H29Cl2N3/c1-20(2)32(19-22-9-5-4-6-10-22)18-17-26-21(3)28(23-13-15-24(29)16-14-23)33(31-26)27-12-8-7-11-25(27)30/h4-16,20H,17-19H2,1-3H3. The van der Waals surface area contributed by atoms with Crippen LogP contribution in [0.25, 0.3) is 16.9 Å². The summed E-state index contributed by atoms with van der Waals surface area (Å²) in [6.07, 6.45) is 0.856. The number of para-hydroxylation sites is 1. The smallest absolute Gasteiger partial charge is 0.0839 e. The Kier molecular flexibility index (Phi) is 7.54. The van der Waals surface area contributed by atoms with Gasteiger partial charge in [0, 0.05) is 36.1 Å². The van der Waals surface area contributed by atoms with Crippen LogP contribution in [-0.4, -0.2) is 27.3 Å². The highest BCUT2D eigenvalue weighted by molar-refractivity contribution is 6.32. The van der Waals surface area contributed by atoms with Gasteiger partial charge in [0.25, 0.3) is 0 Å². The maximum atomic E-state index is 6.57. The fourth-order valence-corrected chi connectivity index (χ4v) is 4.45. The van der Waals surface area contributed by atoms with Gasteiger partial charge in [0.15, 0.2) is 0 Å². The van der Waals surface area contributed by atoms with Gasteiger partial charge in [-0.2, -0.15) is 5.10 Å². The van der Waals surface area contributed by atoms with Gasteiger partial charge in [-0.1, -0.05) is 77.8 Å². The molecular weight excluding hydrogens is 449 g/mol. The first-order valence-electron chi connectivity index (χ1n) is 11.3. The molecule has 0 N–H and O–H groups in total. The van der Waals surface area contributed by atoms with Gasteiger partial charge in [-0.3, -0.25) is 4.90 Å². The molecule has 0 aliphatic rings. The summed E-state index contributed by atoms with van der Waals surface area (Å²) in [5, 5.41) is 6.44. The Bertz CT molecular complexity index is 1200. The third-order valence-electron chi connectivity index (χ3n) is 6.01. The van der Waals surface area contributed by atoms with Gasteiger partial charge >= 0.3 is 0 Å². The van der Waals surface area contributed by atoms with Crippen molar-refractivity contribution in [2.75, 3.05) is 6.54 Å². The van der Waals surface area contributed by atoms with Gasteiger partial charge in [0.1, 0.15) is 0 Å². The summed E-state index contributed by atoms with van der Waals surface area (Å²) < 4.78 is 1.98. The predicted octanol–water partition coefficient (Wildman–Crippen LogP) is 7.61. The van der Waals surface area contributed by atoms with E-state index in [2.05, 4.69) is 56.0 Å². The molecule has 0 saturated heterocycles. The molecule has 0 saturated carbocycles. The molecule has 170 valence electrons. The van der Waals surface area contributed by atoms with E-state index in [1.165, 1.54) is 11.1 Å². The molecule has 0 aliphatic heterocycles. The van der Waals surface area contributed by atoms with E-state index in [1.54, 1.807) is 0 Å². The van der Waals surface area contributed by atoms with Gasteiger partial charge < -0.3 is 0 Å². The topological polar surface area (TPSA) is 21.1 Å². The maximum absolute atomic E-state index is 6.57. The summed E-state index contributed by atoms with van der Waals surface area (Å²) in [4.78, 5) is 2.49. The molecule has 4 aromatic rings. The molecule has 0 bridgehead atoms. The molecule has 1 heterocycles. The van der Waals surface area contributed by atoms with Gasteiger partial charge in [-0.15, -0.1) is 0 Å². The maximum Gasteiger partial charge on any atom is 0.0839 e. The van der Waals surface area contributed by atoms with Crippen molar-refractivity contribution in [3.8, 4) is 16.9 Å². The highest BCUT2D eigenvalue weighted by Gasteiger charge is 2.20. The van der Waals surface area contributed by atoms with Crippen LogP contribution in [0.5, 0.6) is 0 Å².